The number of benzene rings is 1. The van der Waals surface area contributed by atoms with Crippen LogP contribution in [0.15, 0.2) is 28.7 Å². The maximum Gasteiger partial charge on any atom is 0.340 e. The maximum atomic E-state index is 11.3. The highest BCUT2D eigenvalue weighted by atomic mass is 16.5. The van der Waals surface area contributed by atoms with Gasteiger partial charge in [0.2, 0.25) is 0 Å². The Labute approximate surface area is 112 Å². The Morgan fingerprint density at radius 3 is 2.84 bits per heavy atom. The van der Waals surface area contributed by atoms with Crippen LogP contribution in [0.3, 0.4) is 0 Å². The molecule has 0 atom stereocenters. The third-order valence-corrected chi connectivity index (χ3v) is 3.01. The molecule has 19 heavy (non-hydrogen) atoms. The number of furan rings is 1. The Bertz CT molecular complexity index is 556. The van der Waals surface area contributed by atoms with E-state index in [0.717, 1.165) is 19.3 Å². The summed E-state index contributed by atoms with van der Waals surface area (Å²) in [7, 11) is 0. The summed E-state index contributed by atoms with van der Waals surface area (Å²) in [4.78, 5) is 11.3. The van der Waals surface area contributed by atoms with Gasteiger partial charge >= 0.3 is 5.97 Å². The fourth-order valence-corrected chi connectivity index (χ4v) is 2.05. The summed E-state index contributed by atoms with van der Waals surface area (Å²) < 4.78 is 11.0. The van der Waals surface area contributed by atoms with Crippen LogP contribution in [0, 0.1) is 0 Å². The van der Waals surface area contributed by atoms with Gasteiger partial charge in [-0.3, -0.25) is 0 Å². The number of carbonyl (C=O) groups is 1. The zero-order chi connectivity index (χ0) is 13.7. The predicted molar refractivity (Wildman–Crippen MR) is 72.4 cm³/mol. The highest BCUT2D eigenvalue weighted by Gasteiger charge is 2.19. The zero-order valence-electron chi connectivity index (χ0n) is 11.0. The van der Waals surface area contributed by atoms with E-state index in [-0.39, 0.29) is 12.2 Å². The second kappa shape index (κ2) is 6.38. The van der Waals surface area contributed by atoms with Crippen LogP contribution < -0.4 is 0 Å². The molecule has 0 fully saturated rings. The molecule has 1 heterocycles. The molecule has 2 rings (SSSR count). The van der Waals surface area contributed by atoms with E-state index < -0.39 is 5.97 Å². The lowest BCUT2D eigenvalue weighted by Crippen LogP contribution is -2.02. The number of unbranched alkanes of at least 4 members (excludes halogenated alkanes) is 2. The lowest BCUT2D eigenvalue weighted by atomic mass is 10.1. The number of carboxylic acids is 1. The molecule has 0 aliphatic heterocycles. The Kier molecular flexibility index (Phi) is 4.58. The van der Waals surface area contributed by atoms with E-state index in [1.54, 1.807) is 18.2 Å². The van der Waals surface area contributed by atoms with Crippen LogP contribution >= 0.6 is 0 Å². The van der Waals surface area contributed by atoms with E-state index in [0.29, 0.717) is 23.3 Å². The molecule has 0 saturated heterocycles. The van der Waals surface area contributed by atoms with E-state index in [4.69, 9.17) is 9.15 Å². The number of hydrogen-bond donors (Lipinski definition) is 1. The Morgan fingerprint density at radius 2 is 2.11 bits per heavy atom. The Morgan fingerprint density at radius 1 is 1.32 bits per heavy atom. The average Bonchev–Trinajstić information content (AvgIpc) is 2.76. The van der Waals surface area contributed by atoms with Gasteiger partial charge in [-0.1, -0.05) is 38.0 Å². The van der Waals surface area contributed by atoms with Crippen molar-refractivity contribution >= 4 is 16.9 Å². The van der Waals surface area contributed by atoms with E-state index in [2.05, 4.69) is 6.92 Å². The Hall–Kier alpha value is -1.81. The standard InChI is InChI=1S/C15H18O4/c1-2-3-6-9-18-10-13-14(15(16)17)11-7-4-5-8-12(11)19-13/h4-5,7-8H,2-3,6,9-10H2,1H3,(H,16,17). The first kappa shape index (κ1) is 13.6. The van der Waals surface area contributed by atoms with E-state index in [1.807, 2.05) is 6.07 Å². The van der Waals surface area contributed by atoms with Crippen LogP contribution in [0.2, 0.25) is 0 Å². The van der Waals surface area contributed by atoms with Crippen LogP contribution in [0.1, 0.15) is 42.3 Å². The van der Waals surface area contributed by atoms with Gasteiger partial charge in [0.1, 0.15) is 23.5 Å². The number of carboxylic acid groups (broad SMARTS) is 1. The SMILES string of the molecule is CCCCCOCc1oc2ccccc2c1C(=O)O. The monoisotopic (exact) mass is 262 g/mol. The molecular weight excluding hydrogens is 244 g/mol. The molecule has 0 radical (unpaired) electrons. The summed E-state index contributed by atoms with van der Waals surface area (Å²) in [5.41, 5.74) is 0.804. The van der Waals surface area contributed by atoms with Crippen LogP contribution in [0.5, 0.6) is 0 Å². The second-order valence-electron chi connectivity index (χ2n) is 4.46. The van der Waals surface area contributed by atoms with Crippen molar-refractivity contribution in [3.63, 3.8) is 0 Å². The van der Waals surface area contributed by atoms with Crippen molar-refractivity contribution in [1.82, 2.24) is 0 Å². The minimum atomic E-state index is -0.975. The molecule has 1 aromatic heterocycles. The number of para-hydroxylation sites is 1. The molecule has 102 valence electrons. The molecule has 0 saturated carbocycles. The second-order valence-corrected chi connectivity index (χ2v) is 4.46. The fourth-order valence-electron chi connectivity index (χ4n) is 2.05. The topological polar surface area (TPSA) is 59.7 Å². The molecule has 0 unspecified atom stereocenters. The molecule has 1 aromatic carbocycles. The van der Waals surface area contributed by atoms with E-state index in [9.17, 15) is 9.90 Å². The van der Waals surface area contributed by atoms with Crippen molar-refractivity contribution in [2.45, 2.75) is 32.8 Å². The fraction of sp³-hybridized carbons (Fsp3) is 0.400. The molecule has 4 heteroatoms. The van der Waals surface area contributed by atoms with Gasteiger partial charge in [-0.05, 0) is 12.5 Å². The molecule has 0 aliphatic carbocycles. The van der Waals surface area contributed by atoms with Crippen molar-refractivity contribution < 1.29 is 19.1 Å². The zero-order valence-corrected chi connectivity index (χ0v) is 11.0. The number of rotatable bonds is 7. The van der Waals surface area contributed by atoms with E-state index in [1.165, 1.54) is 0 Å². The van der Waals surface area contributed by atoms with Crippen LogP contribution in [-0.2, 0) is 11.3 Å². The molecular formula is C15H18O4. The normalized spacial score (nSPS) is 11.0. The molecule has 0 aliphatic rings. The molecule has 0 bridgehead atoms. The number of aromatic carboxylic acids is 1. The van der Waals surface area contributed by atoms with Crippen molar-refractivity contribution in [2.24, 2.45) is 0 Å². The van der Waals surface area contributed by atoms with Crippen molar-refractivity contribution in [3.05, 3.63) is 35.6 Å². The summed E-state index contributed by atoms with van der Waals surface area (Å²) in [5, 5.41) is 9.90. The summed E-state index contributed by atoms with van der Waals surface area (Å²) in [5.74, 6) is -0.581. The lowest BCUT2D eigenvalue weighted by Gasteiger charge is -2.02. The summed E-state index contributed by atoms with van der Waals surface area (Å²) in [6.07, 6.45) is 3.24. The first-order valence-electron chi connectivity index (χ1n) is 6.55. The van der Waals surface area contributed by atoms with Gasteiger partial charge in [0.15, 0.2) is 0 Å². The maximum absolute atomic E-state index is 11.3. The quantitative estimate of drug-likeness (QED) is 0.770. The van der Waals surface area contributed by atoms with Gasteiger partial charge in [-0.2, -0.15) is 0 Å². The average molecular weight is 262 g/mol. The lowest BCUT2D eigenvalue weighted by molar-refractivity contribution is 0.0680. The molecule has 2 aromatic rings. The molecule has 0 spiro atoms. The summed E-state index contributed by atoms with van der Waals surface area (Å²) >= 11 is 0. The molecule has 1 N–H and O–H groups in total. The van der Waals surface area contributed by atoms with Gasteiger partial charge in [0.05, 0.1) is 0 Å². The number of hydrogen-bond acceptors (Lipinski definition) is 3. The third kappa shape index (κ3) is 3.15. The Balaban J connectivity index is 2.13. The largest absolute Gasteiger partial charge is 0.478 e. The van der Waals surface area contributed by atoms with Gasteiger partial charge < -0.3 is 14.3 Å². The first-order chi connectivity index (χ1) is 9.24. The van der Waals surface area contributed by atoms with E-state index >= 15 is 0 Å². The first-order valence-corrected chi connectivity index (χ1v) is 6.55. The minimum Gasteiger partial charge on any atom is -0.478 e. The highest BCUT2D eigenvalue weighted by molar-refractivity contribution is 6.03. The predicted octanol–water partition coefficient (Wildman–Crippen LogP) is 3.84. The van der Waals surface area contributed by atoms with Crippen molar-refractivity contribution in [1.29, 1.82) is 0 Å². The third-order valence-electron chi connectivity index (χ3n) is 3.01. The van der Waals surface area contributed by atoms with Gasteiger partial charge in [-0.25, -0.2) is 4.79 Å². The summed E-state index contributed by atoms with van der Waals surface area (Å²) in [6.45, 7) is 2.96. The minimum absolute atomic E-state index is 0.208. The smallest absolute Gasteiger partial charge is 0.340 e. The number of ether oxygens (including phenoxy) is 1. The van der Waals surface area contributed by atoms with Gasteiger partial charge in [0, 0.05) is 12.0 Å². The summed E-state index contributed by atoms with van der Waals surface area (Å²) in [6, 6.07) is 7.14. The van der Waals surface area contributed by atoms with Gasteiger partial charge in [-0.15, -0.1) is 0 Å². The van der Waals surface area contributed by atoms with Crippen LogP contribution in [-0.4, -0.2) is 17.7 Å². The van der Waals surface area contributed by atoms with Crippen molar-refractivity contribution in [3.8, 4) is 0 Å². The van der Waals surface area contributed by atoms with Crippen LogP contribution in [0.25, 0.3) is 11.0 Å². The van der Waals surface area contributed by atoms with Gasteiger partial charge in [0.25, 0.3) is 0 Å². The molecule has 4 nitrogen and oxygen atoms in total. The number of fused-ring (bicyclic) bond motifs is 1. The van der Waals surface area contributed by atoms with Crippen LogP contribution in [0.4, 0.5) is 0 Å². The highest BCUT2D eigenvalue weighted by Crippen LogP contribution is 2.26. The van der Waals surface area contributed by atoms with Crippen molar-refractivity contribution in [2.75, 3.05) is 6.61 Å². The molecule has 0 amide bonds.